The van der Waals surface area contributed by atoms with Crippen LogP contribution >= 0.6 is 0 Å². The van der Waals surface area contributed by atoms with Gasteiger partial charge in [0.25, 0.3) is 0 Å². The number of unbranched alkanes of at least 4 members (excludes halogenated alkanes) is 24. The predicted octanol–water partition coefficient (Wildman–Crippen LogP) is 10.5. The van der Waals surface area contributed by atoms with Gasteiger partial charge in [0.1, 0.15) is 0 Å². The van der Waals surface area contributed by atoms with Crippen LogP contribution in [0.2, 0.25) is 0 Å². The molecule has 0 heterocycles. The van der Waals surface area contributed by atoms with Gasteiger partial charge in [0.05, 0.1) is 12.8 Å². The van der Waals surface area contributed by atoms with E-state index in [1.165, 1.54) is 77.0 Å². The van der Waals surface area contributed by atoms with Crippen molar-refractivity contribution >= 4 is 35.8 Å². The Morgan fingerprint density at radius 1 is 0.346 bits per heavy atom. The van der Waals surface area contributed by atoms with Crippen LogP contribution in [0.15, 0.2) is 0 Å². The maximum atomic E-state index is 13.0. The molecule has 302 valence electrons. The number of aliphatic hydroxyl groups is 1. The number of hydrogen-bond donors (Lipinski definition) is 1. The van der Waals surface area contributed by atoms with Gasteiger partial charge in [-0.25, -0.2) is 4.79 Å². The van der Waals surface area contributed by atoms with Crippen molar-refractivity contribution in [1.82, 2.24) is 0 Å². The van der Waals surface area contributed by atoms with E-state index in [0.29, 0.717) is 19.3 Å². The van der Waals surface area contributed by atoms with E-state index in [2.05, 4.69) is 20.8 Å². The molecule has 10 nitrogen and oxygen atoms in total. The SMILES string of the molecule is CCCCCCCCCCCC(=O)OC(=O)CC(O)(CC(=O)OC(=O)CCCCCCCCCCC)C(=O)OC(=O)CCCCCCCCCCC. The van der Waals surface area contributed by atoms with Gasteiger partial charge in [-0.3, -0.25) is 24.0 Å². The van der Waals surface area contributed by atoms with Gasteiger partial charge < -0.3 is 19.3 Å². The first kappa shape index (κ1) is 49.4. The molecule has 0 aliphatic heterocycles. The van der Waals surface area contributed by atoms with Crippen molar-refractivity contribution in [2.45, 2.75) is 232 Å². The van der Waals surface area contributed by atoms with Crippen LogP contribution < -0.4 is 0 Å². The summed E-state index contributed by atoms with van der Waals surface area (Å²) in [6.45, 7) is 6.52. The van der Waals surface area contributed by atoms with Gasteiger partial charge in [0.15, 0.2) is 5.60 Å². The molecule has 0 aromatic rings. The Bertz CT molecular complexity index is 926. The van der Waals surface area contributed by atoms with Gasteiger partial charge in [-0.1, -0.05) is 175 Å². The molecule has 0 aromatic heterocycles. The lowest BCUT2D eigenvalue weighted by Gasteiger charge is -2.23. The molecule has 1 N–H and O–H groups in total. The summed E-state index contributed by atoms with van der Waals surface area (Å²) in [5, 5.41) is 11.2. The summed E-state index contributed by atoms with van der Waals surface area (Å²) in [4.78, 5) is 75.4. The molecule has 0 rings (SSSR count). The number of hydrogen-bond acceptors (Lipinski definition) is 10. The fraction of sp³-hybridized carbons (Fsp3) is 0.857. The lowest BCUT2D eigenvalue weighted by molar-refractivity contribution is -0.184. The lowest BCUT2D eigenvalue weighted by Crippen LogP contribution is -2.46. The van der Waals surface area contributed by atoms with Crippen LogP contribution in [-0.4, -0.2) is 46.5 Å². The van der Waals surface area contributed by atoms with Crippen molar-refractivity contribution in [3.8, 4) is 0 Å². The van der Waals surface area contributed by atoms with Gasteiger partial charge in [-0.2, -0.15) is 0 Å². The largest absolute Gasteiger partial charge is 0.393 e. The predicted molar refractivity (Wildman–Crippen MR) is 203 cm³/mol. The molecule has 0 spiro atoms. The zero-order chi connectivity index (χ0) is 38.7. The van der Waals surface area contributed by atoms with Crippen molar-refractivity contribution in [2.24, 2.45) is 0 Å². The molecule has 52 heavy (non-hydrogen) atoms. The summed E-state index contributed by atoms with van der Waals surface area (Å²) in [6.07, 6.45) is 25.5. The highest BCUT2D eigenvalue weighted by Gasteiger charge is 2.45. The molecular weight excluding hydrogens is 664 g/mol. The number of ether oxygens (including phenoxy) is 3. The Morgan fingerprint density at radius 3 is 0.846 bits per heavy atom. The molecule has 0 fully saturated rings. The summed E-state index contributed by atoms with van der Waals surface area (Å²) in [6, 6.07) is 0. The normalized spacial score (nSPS) is 11.3. The number of rotatable bonds is 35. The summed E-state index contributed by atoms with van der Waals surface area (Å²) in [5.41, 5.74) is -2.86. The summed E-state index contributed by atoms with van der Waals surface area (Å²) >= 11 is 0. The average Bonchev–Trinajstić information content (AvgIpc) is 3.09. The van der Waals surface area contributed by atoms with Gasteiger partial charge in [0, 0.05) is 19.3 Å². The number of carbonyl (C=O) groups is 6. The second-order valence-corrected chi connectivity index (χ2v) is 14.6. The van der Waals surface area contributed by atoms with Crippen LogP contribution in [0.5, 0.6) is 0 Å². The fourth-order valence-electron chi connectivity index (χ4n) is 6.10. The van der Waals surface area contributed by atoms with E-state index >= 15 is 0 Å². The van der Waals surface area contributed by atoms with Crippen molar-refractivity contribution in [3.63, 3.8) is 0 Å². The highest BCUT2D eigenvalue weighted by atomic mass is 16.6. The van der Waals surface area contributed by atoms with Crippen molar-refractivity contribution in [2.75, 3.05) is 0 Å². The summed E-state index contributed by atoms with van der Waals surface area (Å²) in [5.74, 6) is -6.56. The molecule has 0 aromatic carbocycles. The minimum Gasteiger partial charge on any atom is -0.393 e. The van der Waals surface area contributed by atoms with Crippen LogP contribution in [0.3, 0.4) is 0 Å². The maximum absolute atomic E-state index is 13.0. The standard InChI is InChI=1S/C42H74O10/c1-4-7-10-13-16-19-22-25-28-31-36(43)50-39(46)34-42(49,41(48)52-38(45)33-30-27-24-21-18-15-12-9-6-3)35-40(47)51-37(44)32-29-26-23-20-17-14-11-8-5-2/h49H,4-35H2,1-3H3. The Morgan fingerprint density at radius 2 is 0.577 bits per heavy atom. The third-order valence-corrected chi connectivity index (χ3v) is 9.37. The van der Waals surface area contributed by atoms with Crippen molar-refractivity contribution < 1.29 is 48.1 Å². The minimum atomic E-state index is -2.86. The van der Waals surface area contributed by atoms with Crippen molar-refractivity contribution in [1.29, 1.82) is 0 Å². The topological polar surface area (TPSA) is 150 Å². The van der Waals surface area contributed by atoms with E-state index in [-0.39, 0.29) is 19.3 Å². The molecule has 0 saturated carbocycles. The molecular formula is C42H74O10. The Hall–Kier alpha value is -2.62. The maximum Gasteiger partial charge on any atom is 0.346 e. The molecule has 0 aliphatic rings. The first-order chi connectivity index (χ1) is 25.1. The van der Waals surface area contributed by atoms with E-state index in [1.54, 1.807) is 0 Å². The van der Waals surface area contributed by atoms with Gasteiger partial charge in [-0.05, 0) is 19.3 Å². The number of carbonyl (C=O) groups excluding carboxylic acids is 6. The second kappa shape index (κ2) is 34.2. The number of esters is 6. The highest BCUT2D eigenvalue weighted by molar-refractivity contribution is 5.98. The zero-order valence-corrected chi connectivity index (χ0v) is 33.2. The molecule has 0 radical (unpaired) electrons. The molecule has 0 amide bonds. The van der Waals surface area contributed by atoms with Crippen LogP contribution in [0.1, 0.15) is 226 Å². The summed E-state index contributed by atoms with van der Waals surface area (Å²) in [7, 11) is 0. The van der Waals surface area contributed by atoms with E-state index in [1.807, 2.05) is 0 Å². The minimum absolute atomic E-state index is 0.0168. The molecule has 0 saturated heterocycles. The smallest absolute Gasteiger partial charge is 0.346 e. The zero-order valence-electron chi connectivity index (χ0n) is 33.2. The second-order valence-electron chi connectivity index (χ2n) is 14.6. The van der Waals surface area contributed by atoms with E-state index in [4.69, 9.17) is 14.2 Å². The lowest BCUT2D eigenvalue weighted by atomic mass is 9.95. The van der Waals surface area contributed by atoms with E-state index < -0.39 is 54.3 Å². The third-order valence-electron chi connectivity index (χ3n) is 9.37. The monoisotopic (exact) mass is 739 g/mol. The Labute approximate surface area is 315 Å². The van der Waals surface area contributed by atoms with Gasteiger partial charge in [-0.15, -0.1) is 0 Å². The molecule has 0 unspecified atom stereocenters. The quantitative estimate of drug-likeness (QED) is 0.0288. The van der Waals surface area contributed by atoms with E-state index in [0.717, 1.165) is 77.0 Å². The van der Waals surface area contributed by atoms with Gasteiger partial charge in [0.2, 0.25) is 0 Å². The Kier molecular flexibility index (Phi) is 32.4. The Balaban J connectivity index is 4.94. The van der Waals surface area contributed by atoms with Crippen LogP contribution in [0, 0.1) is 0 Å². The molecule has 0 atom stereocenters. The third kappa shape index (κ3) is 29.9. The van der Waals surface area contributed by atoms with Crippen molar-refractivity contribution in [3.05, 3.63) is 0 Å². The van der Waals surface area contributed by atoms with Gasteiger partial charge >= 0.3 is 35.8 Å². The molecule has 10 heteroatoms. The first-order valence-electron chi connectivity index (χ1n) is 21.0. The molecule has 0 aliphatic carbocycles. The fourth-order valence-corrected chi connectivity index (χ4v) is 6.10. The highest BCUT2D eigenvalue weighted by Crippen LogP contribution is 2.22. The van der Waals surface area contributed by atoms with Crippen LogP contribution in [-0.2, 0) is 43.0 Å². The summed E-state index contributed by atoms with van der Waals surface area (Å²) < 4.78 is 14.5. The average molecular weight is 739 g/mol. The van der Waals surface area contributed by atoms with Crippen LogP contribution in [0.4, 0.5) is 0 Å². The molecule has 0 bridgehead atoms. The van der Waals surface area contributed by atoms with Crippen LogP contribution in [0.25, 0.3) is 0 Å². The first-order valence-corrected chi connectivity index (χ1v) is 21.0. The van der Waals surface area contributed by atoms with E-state index in [9.17, 15) is 33.9 Å².